The van der Waals surface area contributed by atoms with E-state index in [1.54, 1.807) is 0 Å². The fourth-order valence-corrected chi connectivity index (χ4v) is 3.65. The van der Waals surface area contributed by atoms with Crippen molar-refractivity contribution in [3.8, 4) is 0 Å². The number of halogens is 2. The van der Waals surface area contributed by atoms with Gasteiger partial charge in [0.25, 0.3) is 0 Å². The van der Waals surface area contributed by atoms with Gasteiger partial charge in [0.15, 0.2) is 0 Å². The summed E-state index contributed by atoms with van der Waals surface area (Å²) in [4.78, 5) is 2.66. The van der Waals surface area contributed by atoms with Crippen LogP contribution in [-0.4, -0.2) is 30.6 Å². The summed E-state index contributed by atoms with van der Waals surface area (Å²) in [6.45, 7) is 4.59. The van der Waals surface area contributed by atoms with Gasteiger partial charge < -0.3 is 5.32 Å². The molecule has 1 aromatic carbocycles. The lowest BCUT2D eigenvalue weighted by Crippen LogP contribution is -2.37. The van der Waals surface area contributed by atoms with Gasteiger partial charge in [0, 0.05) is 28.6 Å². The molecule has 2 fully saturated rings. The van der Waals surface area contributed by atoms with E-state index >= 15 is 0 Å². The van der Waals surface area contributed by atoms with E-state index < -0.39 is 0 Å². The van der Waals surface area contributed by atoms with Crippen LogP contribution in [0.4, 0.5) is 0 Å². The van der Waals surface area contributed by atoms with Crippen LogP contribution in [0.2, 0.25) is 5.02 Å². The SMILES string of the molecule is Clc1ccc(Br)cc1CN(CC1CCNCC1)C1CC1. The molecule has 1 heterocycles. The summed E-state index contributed by atoms with van der Waals surface area (Å²) in [5.74, 6) is 0.850. The molecule has 0 radical (unpaired) electrons. The average Bonchev–Trinajstić information content (AvgIpc) is 3.28. The minimum absolute atomic E-state index is 0.792. The van der Waals surface area contributed by atoms with Crippen LogP contribution in [0.3, 0.4) is 0 Å². The van der Waals surface area contributed by atoms with Crippen LogP contribution in [0.1, 0.15) is 31.2 Å². The maximum atomic E-state index is 6.35. The van der Waals surface area contributed by atoms with Crippen LogP contribution in [0, 0.1) is 5.92 Å². The van der Waals surface area contributed by atoms with Crippen LogP contribution in [0.15, 0.2) is 22.7 Å². The molecule has 1 aromatic rings. The van der Waals surface area contributed by atoms with E-state index in [9.17, 15) is 0 Å². The Labute approximate surface area is 135 Å². The summed E-state index contributed by atoms with van der Waals surface area (Å²) in [7, 11) is 0. The van der Waals surface area contributed by atoms with Crippen molar-refractivity contribution in [1.82, 2.24) is 10.2 Å². The zero-order chi connectivity index (χ0) is 13.9. The highest BCUT2D eigenvalue weighted by molar-refractivity contribution is 9.10. The first-order valence-corrected chi connectivity index (χ1v) is 8.78. The molecule has 1 saturated carbocycles. The molecule has 4 heteroatoms. The molecule has 1 aliphatic heterocycles. The third-order valence-corrected chi connectivity index (χ3v) is 5.26. The summed E-state index contributed by atoms with van der Waals surface area (Å²) in [6.07, 6.45) is 5.35. The Bertz CT molecular complexity index is 456. The second-order valence-electron chi connectivity index (χ2n) is 6.09. The van der Waals surface area contributed by atoms with Gasteiger partial charge in [0.1, 0.15) is 0 Å². The number of nitrogens with zero attached hydrogens (tertiary/aromatic N) is 1. The molecule has 0 aromatic heterocycles. The van der Waals surface area contributed by atoms with E-state index in [1.807, 2.05) is 12.1 Å². The Kier molecular flexibility index (Phi) is 5.03. The molecule has 0 atom stereocenters. The van der Waals surface area contributed by atoms with Crippen LogP contribution in [-0.2, 0) is 6.54 Å². The van der Waals surface area contributed by atoms with E-state index in [2.05, 4.69) is 32.2 Å². The fraction of sp³-hybridized carbons (Fsp3) is 0.625. The summed E-state index contributed by atoms with van der Waals surface area (Å²) in [6, 6.07) is 6.97. The molecule has 2 aliphatic rings. The molecule has 1 saturated heterocycles. The number of hydrogen-bond acceptors (Lipinski definition) is 2. The second kappa shape index (κ2) is 6.78. The second-order valence-corrected chi connectivity index (χ2v) is 7.41. The van der Waals surface area contributed by atoms with Gasteiger partial charge in [-0.15, -0.1) is 0 Å². The van der Waals surface area contributed by atoms with Gasteiger partial charge in [-0.05, 0) is 68.5 Å². The lowest BCUT2D eigenvalue weighted by Gasteiger charge is -2.30. The van der Waals surface area contributed by atoms with Gasteiger partial charge in [-0.25, -0.2) is 0 Å². The highest BCUT2D eigenvalue weighted by Crippen LogP contribution is 2.32. The van der Waals surface area contributed by atoms with Crippen molar-refractivity contribution < 1.29 is 0 Å². The van der Waals surface area contributed by atoms with Crippen molar-refractivity contribution in [2.45, 2.75) is 38.3 Å². The molecular weight excluding hydrogens is 336 g/mol. The number of nitrogens with one attached hydrogen (secondary N) is 1. The van der Waals surface area contributed by atoms with Gasteiger partial charge in [-0.3, -0.25) is 4.90 Å². The van der Waals surface area contributed by atoms with Gasteiger partial charge in [0.2, 0.25) is 0 Å². The molecule has 0 bridgehead atoms. The van der Waals surface area contributed by atoms with E-state index in [0.29, 0.717) is 0 Å². The number of benzene rings is 1. The summed E-state index contributed by atoms with van der Waals surface area (Å²) < 4.78 is 1.12. The molecule has 0 unspecified atom stereocenters. The standard InChI is InChI=1S/C16H22BrClN2/c17-14-1-4-16(18)13(9-14)11-20(15-2-3-15)10-12-5-7-19-8-6-12/h1,4,9,12,15,19H,2-3,5-8,10-11H2. The van der Waals surface area contributed by atoms with Gasteiger partial charge in [-0.2, -0.15) is 0 Å². The topological polar surface area (TPSA) is 15.3 Å². The summed E-state index contributed by atoms with van der Waals surface area (Å²) >= 11 is 9.90. The van der Waals surface area contributed by atoms with Crippen molar-refractivity contribution in [1.29, 1.82) is 0 Å². The quantitative estimate of drug-likeness (QED) is 0.854. The van der Waals surface area contributed by atoms with Gasteiger partial charge in [-0.1, -0.05) is 27.5 Å². The highest BCUT2D eigenvalue weighted by atomic mass is 79.9. The maximum Gasteiger partial charge on any atom is 0.0451 e. The maximum absolute atomic E-state index is 6.35. The van der Waals surface area contributed by atoms with Crippen molar-refractivity contribution >= 4 is 27.5 Å². The zero-order valence-electron chi connectivity index (χ0n) is 11.7. The van der Waals surface area contributed by atoms with Crippen LogP contribution >= 0.6 is 27.5 Å². The number of piperidine rings is 1. The van der Waals surface area contributed by atoms with E-state index in [-0.39, 0.29) is 0 Å². The summed E-state index contributed by atoms with van der Waals surface area (Å²) in [5, 5.41) is 4.35. The monoisotopic (exact) mass is 356 g/mol. The average molecular weight is 358 g/mol. The van der Waals surface area contributed by atoms with Crippen molar-refractivity contribution in [3.05, 3.63) is 33.3 Å². The van der Waals surface area contributed by atoms with E-state index in [0.717, 1.165) is 28.0 Å². The molecule has 3 rings (SSSR count). The molecule has 1 N–H and O–H groups in total. The Balaban J connectivity index is 1.66. The van der Waals surface area contributed by atoms with Crippen LogP contribution in [0.25, 0.3) is 0 Å². The highest BCUT2D eigenvalue weighted by Gasteiger charge is 2.31. The number of rotatable bonds is 5. The van der Waals surface area contributed by atoms with E-state index in [4.69, 9.17) is 11.6 Å². The van der Waals surface area contributed by atoms with Gasteiger partial charge in [0.05, 0.1) is 0 Å². The largest absolute Gasteiger partial charge is 0.317 e. The Morgan fingerprint density at radius 3 is 2.65 bits per heavy atom. The molecule has 0 amide bonds. The Morgan fingerprint density at radius 2 is 1.95 bits per heavy atom. The molecule has 0 spiro atoms. The van der Waals surface area contributed by atoms with Crippen molar-refractivity contribution in [2.24, 2.45) is 5.92 Å². The molecule has 1 aliphatic carbocycles. The minimum Gasteiger partial charge on any atom is -0.317 e. The summed E-state index contributed by atoms with van der Waals surface area (Å²) in [5.41, 5.74) is 1.25. The Hall–Kier alpha value is -0.0900. The fourth-order valence-electron chi connectivity index (χ4n) is 3.06. The Morgan fingerprint density at radius 1 is 1.20 bits per heavy atom. The van der Waals surface area contributed by atoms with Crippen molar-refractivity contribution in [2.75, 3.05) is 19.6 Å². The van der Waals surface area contributed by atoms with Gasteiger partial charge >= 0.3 is 0 Å². The molecule has 2 nitrogen and oxygen atoms in total. The first-order valence-electron chi connectivity index (χ1n) is 7.61. The van der Waals surface area contributed by atoms with Crippen LogP contribution < -0.4 is 5.32 Å². The predicted molar refractivity (Wildman–Crippen MR) is 88.2 cm³/mol. The smallest absolute Gasteiger partial charge is 0.0451 e. The molecule has 20 heavy (non-hydrogen) atoms. The molecule has 110 valence electrons. The number of hydrogen-bond donors (Lipinski definition) is 1. The molecular formula is C16H22BrClN2. The lowest BCUT2D eigenvalue weighted by atomic mass is 9.97. The third kappa shape index (κ3) is 3.97. The predicted octanol–water partition coefficient (Wildman–Crippen LogP) is 4.07. The lowest BCUT2D eigenvalue weighted by molar-refractivity contribution is 0.190. The first-order chi connectivity index (χ1) is 9.72. The van der Waals surface area contributed by atoms with E-state index in [1.165, 1.54) is 50.9 Å². The first kappa shape index (κ1) is 14.8. The third-order valence-electron chi connectivity index (χ3n) is 4.40. The zero-order valence-corrected chi connectivity index (χ0v) is 14.1. The normalized spacial score (nSPS) is 20.6. The minimum atomic E-state index is 0.792. The van der Waals surface area contributed by atoms with Crippen molar-refractivity contribution in [3.63, 3.8) is 0 Å². The van der Waals surface area contributed by atoms with Crippen LogP contribution in [0.5, 0.6) is 0 Å².